The lowest BCUT2D eigenvalue weighted by Crippen LogP contribution is -2.46. The molecule has 1 N–H and O–H groups in total. The van der Waals surface area contributed by atoms with Crippen molar-refractivity contribution < 1.29 is 0 Å². The number of nitrogens with zero attached hydrogens (tertiary/aromatic N) is 4. The van der Waals surface area contributed by atoms with Gasteiger partial charge in [-0.15, -0.1) is 0 Å². The van der Waals surface area contributed by atoms with Crippen LogP contribution in [0.5, 0.6) is 0 Å². The van der Waals surface area contributed by atoms with E-state index in [1.165, 1.54) is 0 Å². The van der Waals surface area contributed by atoms with E-state index in [0.717, 1.165) is 59.7 Å². The van der Waals surface area contributed by atoms with E-state index in [-0.39, 0.29) is 5.43 Å². The average molecular weight is 494 g/mol. The Hall–Kier alpha value is -2.87. The molecule has 0 amide bonds. The molecule has 34 heavy (non-hydrogen) atoms. The van der Waals surface area contributed by atoms with Gasteiger partial charge in [-0.3, -0.25) is 14.5 Å². The van der Waals surface area contributed by atoms with Crippen LogP contribution in [0.2, 0.25) is 5.02 Å². The van der Waals surface area contributed by atoms with E-state index in [0.29, 0.717) is 10.4 Å². The highest BCUT2D eigenvalue weighted by atomic mass is 35.5. The Kier molecular flexibility index (Phi) is 8.21. The fraction of sp³-hybridized carbons (Fsp3) is 0.269. The van der Waals surface area contributed by atoms with E-state index in [9.17, 15) is 4.79 Å². The summed E-state index contributed by atoms with van der Waals surface area (Å²) in [6.45, 7) is 5.44. The standard InChI is InChI=1S/C23H19ClN4O.C3H9NS/c24-17-7-8-25-22(13-17)28-11-9-27(10-12-28)18-14-20-21(26-15-18)6-5-16-3-1-2-4-19(16)23(20)29;1-3-5-4-2/h1-8,13-15H,9-12H2;4H,3H2,1-2H3. The molecule has 2 aromatic heterocycles. The summed E-state index contributed by atoms with van der Waals surface area (Å²) in [5.41, 5.74) is 1.72. The van der Waals surface area contributed by atoms with Crippen LogP contribution in [0.1, 0.15) is 6.92 Å². The van der Waals surface area contributed by atoms with Crippen molar-refractivity contribution in [1.29, 1.82) is 0 Å². The van der Waals surface area contributed by atoms with Gasteiger partial charge < -0.3 is 9.80 Å². The first kappa shape index (κ1) is 24.3. The van der Waals surface area contributed by atoms with Gasteiger partial charge >= 0.3 is 0 Å². The van der Waals surface area contributed by atoms with Crippen molar-refractivity contribution in [2.24, 2.45) is 0 Å². The lowest BCUT2D eigenvalue weighted by molar-refractivity contribution is 0.647. The van der Waals surface area contributed by atoms with E-state index in [4.69, 9.17) is 11.6 Å². The molecule has 0 aliphatic carbocycles. The van der Waals surface area contributed by atoms with E-state index in [1.807, 2.05) is 61.8 Å². The van der Waals surface area contributed by atoms with Crippen LogP contribution in [0.15, 0.2) is 71.8 Å². The molecule has 0 saturated carbocycles. The number of fused-ring (bicyclic) bond motifs is 2. The molecule has 3 heterocycles. The van der Waals surface area contributed by atoms with Gasteiger partial charge in [0.15, 0.2) is 5.43 Å². The molecule has 0 bridgehead atoms. The third-order valence-electron chi connectivity index (χ3n) is 5.74. The summed E-state index contributed by atoms with van der Waals surface area (Å²) < 4.78 is 2.93. The predicted octanol–water partition coefficient (Wildman–Crippen LogP) is 5.00. The third kappa shape index (κ3) is 5.60. The first-order chi connectivity index (χ1) is 16.6. The summed E-state index contributed by atoms with van der Waals surface area (Å²) in [6.07, 6.45) is 3.59. The quantitative estimate of drug-likeness (QED) is 0.401. The van der Waals surface area contributed by atoms with Gasteiger partial charge in [0, 0.05) is 48.5 Å². The van der Waals surface area contributed by atoms with Crippen LogP contribution in [-0.4, -0.2) is 48.9 Å². The summed E-state index contributed by atoms with van der Waals surface area (Å²) in [4.78, 5) is 26.6. The fourth-order valence-corrected chi connectivity index (χ4v) is 4.46. The smallest absolute Gasteiger partial charge is 0.195 e. The zero-order valence-electron chi connectivity index (χ0n) is 19.4. The third-order valence-corrected chi connectivity index (χ3v) is 6.55. The second-order valence-corrected chi connectivity index (χ2v) is 9.53. The molecule has 1 fully saturated rings. The highest BCUT2D eigenvalue weighted by Crippen LogP contribution is 2.23. The number of benzene rings is 1. The molecule has 8 heteroatoms. The second kappa shape index (κ2) is 11.5. The van der Waals surface area contributed by atoms with E-state index in [1.54, 1.807) is 24.2 Å². The van der Waals surface area contributed by atoms with Gasteiger partial charge in [0.2, 0.25) is 0 Å². The predicted molar refractivity (Wildman–Crippen MR) is 146 cm³/mol. The molecule has 1 aliphatic heterocycles. The molecule has 0 spiro atoms. The lowest BCUT2D eigenvalue weighted by Gasteiger charge is -2.36. The maximum absolute atomic E-state index is 13.1. The molecule has 176 valence electrons. The Morgan fingerprint density at radius 1 is 0.971 bits per heavy atom. The number of anilines is 2. The molecule has 6 nitrogen and oxygen atoms in total. The monoisotopic (exact) mass is 493 g/mol. The Labute approximate surface area is 209 Å². The molecule has 0 radical (unpaired) electrons. The maximum atomic E-state index is 13.1. The zero-order valence-corrected chi connectivity index (χ0v) is 20.9. The Bertz CT molecular complexity index is 1330. The molecule has 5 rings (SSSR count). The number of hydrogen-bond acceptors (Lipinski definition) is 7. The van der Waals surface area contributed by atoms with Crippen molar-refractivity contribution in [3.05, 3.63) is 82.2 Å². The van der Waals surface area contributed by atoms with Gasteiger partial charge in [0.1, 0.15) is 5.82 Å². The summed E-state index contributed by atoms with van der Waals surface area (Å²) in [5, 5.41) is 3.00. The number of nitrogens with one attached hydrogen (secondary N) is 1. The number of aromatic nitrogens is 2. The van der Waals surface area contributed by atoms with Gasteiger partial charge in [-0.25, -0.2) is 4.98 Å². The average Bonchev–Trinajstić information content (AvgIpc) is 3.01. The van der Waals surface area contributed by atoms with Crippen molar-refractivity contribution in [3.8, 4) is 0 Å². The van der Waals surface area contributed by atoms with Crippen LogP contribution < -0.4 is 20.0 Å². The largest absolute Gasteiger partial charge is 0.367 e. The van der Waals surface area contributed by atoms with Gasteiger partial charge in [0.05, 0.1) is 22.8 Å². The van der Waals surface area contributed by atoms with Crippen LogP contribution in [-0.2, 0) is 0 Å². The van der Waals surface area contributed by atoms with Crippen LogP contribution in [0.25, 0.3) is 21.7 Å². The minimum Gasteiger partial charge on any atom is -0.367 e. The van der Waals surface area contributed by atoms with Crippen molar-refractivity contribution in [1.82, 2.24) is 14.7 Å². The van der Waals surface area contributed by atoms with Crippen LogP contribution in [0.4, 0.5) is 11.5 Å². The summed E-state index contributed by atoms with van der Waals surface area (Å²) >= 11 is 7.81. The number of pyridine rings is 2. The van der Waals surface area contributed by atoms with E-state index < -0.39 is 0 Å². The summed E-state index contributed by atoms with van der Waals surface area (Å²) in [6, 6.07) is 17.2. The molecule has 1 aliphatic rings. The minimum atomic E-state index is 0.0247. The SMILES string of the molecule is CCSNC.O=c1c2ccccc2ccc2ncc(N3CCN(c4cc(Cl)ccn4)CC3)cc12. The van der Waals surface area contributed by atoms with Crippen LogP contribution >= 0.6 is 23.5 Å². The van der Waals surface area contributed by atoms with Crippen molar-refractivity contribution in [3.63, 3.8) is 0 Å². The molecule has 0 atom stereocenters. The van der Waals surface area contributed by atoms with Crippen molar-refractivity contribution in [2.45, 2.75) is 6.92 Å². The summed E-state index contributed by atoms with van der Waals surface area (Å²) in [7, 11) is 1.92. The minimum absolute atomic E-state index is 0.0247. The normalized spacial score (nSPS) is 13.6. The number of hydrogen-bond donors (Lipinski definition) is 1. The Balaban J connectivity index is 0.000000499. The highest BCUT2D eigenvalue weighted by molar-refractivity contribution is 7.97. The molecular formula is C26H28ClN5OS. The molecular weight excluding hydrogens is 466 g/mol. The van der Waals surface area contributed by atoms with Gasteiger partial charge in [-0.05, 0) is 36.7 Å². The number of rotatable bonds is 4. The lowest BCUT2D eigenvalue weighted by atomic mass is 10.1. The number of halogens is 1. The number of piperazine rings is 1. The molecule has 4 aromatic rings. The van der Waals surface area contributed by atoms with Crippen molar-refractivity contribution in [2.75, 3.05) is 48.8 Å². The second-order valence-electron chi connectivity index (χ2n) is 7.82. The molecule has 2 aromatic carbocycles. The highest BCUT2D eigenvalue weighted by Gasteiger charge is 2.19. The molecule has 0 unspecified atom stereocenters. The topological polar surface area (TPSA) is 61.4 Å². The fourth-order valence-electron chi connectivity index (χ4n) is 4.02. The van der Waals surface area contributed by atoms with Gasteiger partial charge in [-0.1, -0.05) is 60.8 Å². The summed E-state index contributed by atoms with van der Waals surface area (Å²) in [5.74, 6) is 2.05. The van der Waals surface area contributed by atoms with Crippen LogP contribution in [0.3, 0.4) is 0 Å². The molecule has 1 saturated heterocycles. The first-order valence-corrected chi connectivity index (χ1v) is 12.7. The van der Waals surface area contributed by atoms with Crippen LogP contribution in [0, 0.1) is 0 Å². The van der Waals surface area contributed by atoms with E-state index in [2.05, 4.69) is 31.4 Å². The van der Waals surface area contributed by atoms with Crippen molar-refractivity contribution >= 4 is 56.7 Å². The zero-order chi connectivity index (χ0) is 23.9. The van der Waals surface area contributed by atoms with Gasteiger partial charge in [0.25, 0.3) is 0 Å². The maximum Gasteiger partial charge on any atom is 0.195 e. The first-order valence-electron chi connectivity index (χ1n) is 11.3. The Morgan fingerprint density at radius 3 is 2.44 bits per heavy atom. The Morgan fingerprint density at radius 2 is 1.74 bits per heavy atom. The van der Waals surface area contributed by atoms with Gasteiger partial charge in [-0.2, -0.15) is 0 Å². The van der Waals surface area contributed by atoms with E-state index >= 15 is 0 Å².